The van der Waals surface area contributed by atoms with Crippen LogP contribution in [0.1, 0.15) is 59.6 Å². The number of pyridine rings is 1. The minimum absolute atomic E-state index is 0.0672. The lowest BCUT2D eigenvalue weighted by molar-refractivity contribution is 0.0439. The van der Waals surface area contributed by atoms with E-state index in [9.17, 15) is 13.5 Å². The van der Waals surface area contributed by atoms with Gasteiger partial charge in [-0.2, -0.15) is 0 Å². The van der Waals surface area contributed by atoms with Gasteiger partial charge in [0, 0.05) is 18.8 Å². The molecule has 2 heterocycles. The molecule has 7 nitrogen and oxygen atoms in total. The Hall–Kier alpha value is -1.67. The Labute approximate surface area is 149 Å². The van der Waals surface area contributed by atoms with Crippen molar-refractivity contribution in [2.24, 2.45) is 4.99 Å². The Kier molecular flexibility index (Phi) is 4.91. The van der Waals surface area contributed by atoms with E-state index in [1.165, 1.54) is 0 Å². The van der Waals surface area contributed by atoms with Crippen LogP contribution in [0.3, 0.4) is 0 Å². The predicted molar refractivity (Wildman–Crippen MR) is 96.6 cm³/mol. The number of aliphatic imine (C=N–C) groups is 1. The molecule has 1 saturated heterocycles. The van der Waals surface area contributed by atoms with E-state index in [4.69, 9.17) is 4.74 Å². The molecule has 1 atom stereocenters. The van der Waals surface area contributed by atoms with Gasteiger partial charge < -0.3 is 9.84 Å². The van der Waals surface area contributed by atoms with Gasteiger partial charge in [0.15, 0.2) is 0 Å². The van der Waals surface area contributed by atoms with Crippen molar-refractivity contribution in [1.82, 2.24) is 9.71 Å². The first-order valence-electron chi connectivity index (χ1n) is 8.17. The van der Waals surface area contributed by atoms with Gasteiger partial charge in [0.05, 0.1) is 11.6 Å². The third kappa shape index (κ3) is 4.12. The summed E-state index contributed by atoms with van der Waals surface area (Å²) in [6.45, 7) is 10.0. The Morgan fingerprint density at radius 3 is 2.48 bits per heavy atom. The van der Waals surface area contributed by atoms with Gasteiger partial charge >= 0.3 is 0 Å². The fraction of sp³-hybridized carbons (Fsp3) is 0.647. The lowest BCUT2D eigenvalue weighted by Crippen LogP contribution is -2.64. The number of hydrogen-bond acceptors (Lipinski definition) is 6. The maximum Gasteiger partial charge on any atom is 0.299 e. The van der Waals surface area contributed by atoms with Crippen molar-refractivity contribution in [3.63, 3.8) is 0 Å². The van der Waals surface area contributed by atoms with Gasteiger partial charge in [-0.3, -0.25) is 4.98 Å². The Bertz CT molecular complexity index is 750. The molecular weight excluding hydrogens is 342 g/mol. The van der Waals surface area contributed by atoms with Crippen LogP contribution in [0.4, 0.5) is 0 Å². The van der Waals surface area contributed by atoms with Gasteiger partial charge in [0.1, 0.15) is 10.3 Å². The van der Waals surface area contributed by atoms with E-state index in [2.05, 4.69) is 14.7 Å². The van der Waals surface area contributed by atoms with Gasteiger partial charge in [-0.05, 0) is 53.2 Å². The number of amidine groups is 1. The van der Waals surface area contributed by atoms with E-state index in [1.807, 2.05) is 6.07 Å². The SMILES string of the molecule is CC(C)(O)CC(N=C1NS(=O)(=O)C(C)(C)C(C)(C)O1)c1cccnc1. The molecule has 0 saturated carbocycles. The van der Waals surface area contributed by atoms with Crippen LogP contribution in [-0.2, 0) is 14.8 Å². The van der Waals surface area contributed by atoms with E-state index < -0.39 is 32.0 Å². The molecule has 8 heteroatoms. The molecule has 1 aliphatic heterocycles. The van der Waals surface area contributed by atoms with Crippen molar-refractivity contribution in [3.05, 3.63) is 30.1 Å². The number of ether oxygens (including phenoxy) is 1. The van der Waals surface area contributed by atoms with Crippen LogP contribution in [0.2, 0.25) is 0 Å². The Morgan fingerprint density at radius 1 is 1.36 bits per heavy atom. The summed E-state index contributed by atoms with van der Waals surface area (Å²) < 4.78 is 32.3. The average molecular weight is 369 g/mol. The van der Waals surface area contributed by atoms with Crippen molar-refractivity contribution < 1.29 is 18.3 Å². The van der Waals surface area contributed by atoms with E-state index in [0.717, 1.165) is 5.56 Å². The third-order valence-corrected chi connectivity index (χ3v) is 7.01. The highest BCUT2D eigenvalue weighted by atomic mass is 32.2. The topological polar surface area (TPSA) is 101 Å². The molecule has 0 aliphatic carbocycles. The van der Waals surface area contributed by atoms with Crippen LogP contribution in [0.15, 0.2) is 29.5 Å². The summed E-state index contributed by atoms with van der Waals surface area (Å²) >= 11 is 0. The quantitative estimate of drug-likeness (QED) is 0.847. The molecule has 1 aliphatic rings. The number of aromatic nitrogens is 1. The normalized spacial score (nSPS) is 24.2. The molecule has 2 N–H and O–H groups in total. The van der Waals surface area contributed by atoms with Crippen LogP contribution < -0.4 is 4.72 Å². The number of nitrogens with one attached hydrogen (secondary N) is 1. The van der Waals surface area contributed by atoms with Crippen molar-refractivity contribution in [2.75, 3.05) is 0 Å². The molecule has 1 aromatic heterocycles. The lowest BCUT2D eigenvalue weighted by Gasteiger charge is -2.44. The molecule has 0 aromatic carbocycles. The molecule has 0 spiro atoms. The summed E-state index contributed by atoms with van der Waals surface area (Å²) in [5.41, 5.74) is -1.20. The second-order valence-corrected chi connectivity index (χ2v) is 10.2. The summed E-state index contributed by atoms with van der Waals surface area (Å²) in [6.07, 6.45) is 3.58. The number of sulfonamides is 1. The Balaban J connectivity index is 2.43. The molecular formula is C17H27N3O4S. The second-order valence-electron chi connectivity index (χ2n) is 7.98. The molecule has 2 rings (SSSR count). The van der Waals surface area contributed by atoms with Gasteiger partial charge in [0.2, 0.25) is 10.0 Å². The number of nitrogens with zero attached hydrogens (tertiary/aromatic N) is 2. The standard InChI is InChI=1S/C17H27N3O4S/c1-15(2,21)10-13(12-8-7-9-18-11-12)19-14-20-25(22,23)17(5,6)16(3,4)24-14/h7-9,11,13,21H,10H2,1-6H3,(H,19,20). The minimum Gasteiger partial charge on any atom is -0.457 e. The largest absolute Gasteiger partial charge is 0.457 e. The summed E-state index contributed by atoms with van der Waals surface area (Å²) in [5, 5.41) is 10.2. The maximum atomic E-state index is 12.6. The molecule has 1 fully saturated rings. The summed E-state index contributed by atoms with van der Waals surface area (Å²) in [6, 6.07) is 3.04. The molecule has 1 aromatic rings. The van der Waals surface area contributed by atoms with E-state index in [1.54, 1.807) is 60.0 Å². The van der Waals surface area contributed by atoms with Crippen LogP contribution in [0, 0.1) is 0 Å². The van der Waals surface area contributed by atoms with E-state index in [0.29, 0.717) is 0 Å². The zero-order chi connectivity index (χ0) is 19.1. The lowest BCUT2D eigenvalue weighted by atomic mass is 9.93. The van der Waals surface area contributed by atoms with Crippen molar-refractivity contribution >= 4 is 16.0 Å². The van der Waals surface area contributed by atoms with Crippen LogP contribution >= 0.6 is 0 Å². The summed E-state index contributed by atoms with van der Waals surface area (Å²) in [5.74, 6) is 0. The first kappa shape index (κ1) is 19.7. The highest BCUT2D eigenvalue weighted by Crippen LogP contribution is 2.36. The molecule has 0 amide bonds. The predicted octanol–water partition coefficient (Wildman–Crippen LogP) is 2.15. The van der Waals surface area contributed by atoms with Gasteiger partial charge in [-0.15, -0.1) is 0 Å². The fourth-order valence-corrected chi connectivity index (χ4v) is 3.70. The molecule has 0 radical (unpaired) electrons. The maximum absolute atomic E-state index is 12.6. The van der Waals surface area contributed by atoms with Crippen molar-refractivity contribution in [2.45, 2.75) is 70.0 Å². The smallest absolute Gasteiger partial charge is 0.299 e. The zero-order valence-corrected chi connectivity index (χ0v) is 16.4. The van der Waals surface area contributed by atoms with Crippen LogP contribution in [0.5, 0.6) is 0 Å². The molecule has 25 heavy (non-hydrogen) atoms. The average Bonchev–Trinajstić information content (AvgIpc) is 2.43. The Morgan fingerprint density at radius 2 is 2.00 bits per heavy atom. The van der Waals surface area contributed by atoms with Gasteiger partial charge in [0.25, 0.3) is 6.02 Å². The number of aliphatic hydroxyl groups is 1. The van der Waals surface area contributed by atoms with E-state index >= 15 is 0 Å². The highest BCUT2D eigenvalue weighted by molar-refractivity contribution is 7.91. The van der Waals surface area contributed by atoms with Gasteiger partial charge in [-0.1, -0.05) is 6.07 Å². The van der Waals surface area contributed by atoms with E-state index in [-0.39, 0.29) is 12.4 Å². The summed E-state index contributed by atoms with van der Waals surface area (Å²) in [7, 11) is -3.67. The number of hydrogen-bond donors (Lipinski definition) is 2. The summed E-state index contributed by atoms with van der Waals surface area (Å²) in [4.78, 5) is 8.53. The van der Waals surface area contributed by atoms with Crippen LogP contribution in [-0.4, -0.2) is 40.5 Å². The van der Waals surface area contributed by atoms with Crippen molar-refractivity contribution in [1.29, 1.82) is 0 Å². The fourth-order valence-electron chi connectivity index (χ4n) is 2.43. The first-order chi connectivity index (χ1) is 11.3. The highest BCUT2D eigenvalue weighted by Gasteiger charge is 2.54. The number of rotatable bonds is 4. The minimum atomic E-state index is -3.67. The first-order valence-corrected chi connectivity index (χ1v) is 9.65. The van der Waals surface area contributed by atoms with Crippen LogP contribution in [0.25, 0.3) is 0 Å². The molecule has 1 unspecified atom stereocenters. The zero-order valence-electron chi connectivity index (χ0n) is 15.6. The van der Waals surface area contributed by atoms with Crippen molar-refractivity contribution in [3.8, 4) is 0 Å². The molecule has 140 valence electrons. The third-order valence-electron chi connectivity index (χ3n) is 4.73. The second kappa shape index (κ2) is 6.25. The monoisotopic (exact) mass is 369 g/mol. The molecule has 0 bridgehead atoms. The van der Waals surface area contributed by atoms with Gasteiger partial charge in [-0.25, -0.2) is 18.1 Å².